The number of carbonyl (C=O) groups excluding carboxylic acids is 6. The molecule has 0 saturated heterocycles. The lowest BCUT2D eigenvalue weighted by atomic mass is 9.96. The number of aliphatic hydroxyl groups is 1. The third kappa shape index (κ3) is 15.7. The molecule has 0 aliphatic carbocycles. The van der Waals surface area contributed by atoms with Gasteiger partial charge in [0, 0.05) is 21.2 Å². The van der Waals surface area contributed by atoms with Crippen molar-refractivity contribution in [1.82, 2.24) is 57.8 Å². The van der Waals surface area contributed by atoms with E-state index >= 15 is 4.79 Å². The van der Waals surface area contributed by atoms with Gasteiger partial charge in [-0.3, -0.25) is 50.4 Å². The molecule has 7 rings (SSSR count). The molecule has 0 spiro atoms. The molecule has 6 unspecified atom stereocenters. The van der Waals surface area contributed by atoms with Gasteiger partial charge in [0.2, 0.25) is 18.1 Å². The van der Waals surface area contributed by atoms with Crippen molar-refractivity contribution in [3.63, 3.8) is 0 Å². The molecule has 6 amide bonds. The van der Waals surface area contributed by atoms with Gasteiger partial charge in [-0.25, -0.2) is 9.97 Å². The zero-order chi connectivity index (χ0) is 60.1. The van der Waals surface area contributed by atoms with Crippen LogP contribution < -0.4 is 81.4 Å². The summed E-state index contributed by atoms with van der Waals surface area (Å²) < 4.78 is 0. The Morgan fingerprint density at radius 3 is 1.28 bits per heavy atom. The summed E-state index contributed by atoms with van der Waals surface area (Å²) in [7, 11) is 0. The highest BCUT2D eigenvalue weighted by atomic mass is 35.5. The van der Waals surface area contributed by atoms with Crippen LogP contribution >= 0.6 is 23.2 Å². The number of aliphatic hydroxyl groups excluding tert-OH is 1. The van der Waals surface area contributed by atoms with Gasteiger partial charge in [-0.15, -0.1) is 0 Å². The number of nitrogens with two attached hydrogens (primary N) is 5. The molecule has 24 N–H and O–H groups in total. The lowest BCUT2D eigenvalue weighted by molar-refractivity contribution is -0.136. The van der Waals surface area contributed by atoms with Crippen molar-refractivity contribution in [2.45, 2.75) is 43.5 Å². The Morgan fingerprint density at radius 1 is 0.470 bits per heavy atom. The van der Waals surface area contributed by atoms with Crippen molar-refractivity contribution in [3.05, 3.63) is 161 Å². The van der Waals surface area contributed by atoms with E-state index in [1.54, 1.807) is 72.8 Å². The summed E-state index contributed by atoms with van der Waals surface area (Å²) in [5, 5.41) is 67.5. The molecule has 28 nitrogen and oxygen atoms in total. The topological polar surface area (TPSA) is 485 Å². The Bertz CT molecular complexity index is 3520. The lowest BCUT2D eigenvalue weighted by Gasteiger charge is -2.31. The molecular weight excluding hydrogens is 1110 g/mol. The van der Waals surface area contributed by atoms with Gasteiger partial charge in [-0.2, -0.15) is 0 Å². The molecule has 428 valence electrons. The van der Waals surface area contributed by atoms with Gasteiger partial charge in [0.25, 0.3) is 29.5 Å². The van der Waals surface area contributed by atoms with E-state index in [2.05, 4.69) is 42.5 Å². The largest absolute Gasteiger partial charge is 0.370 e. The molecule has 7 aromatic rings. The van der Waals surface area contributed by atoms with Crippen LogP contribution in [0.15, 0.2) is 140 Å². The molecule has 1 aromatic heterocycles. The summed E-state index contributed by atoms with van der Waals surface area (Å²) in [5.74, 6) is -11.2. The van der Waals surface area contributed by atoms with Crippen LogP contribution in [0.3, 0.4) is 0 Å². The highest BCUT2D eigenvalue weighted by molar-refractivity contribution is 6.31. The van der Waals surface area contributed by atoms with Gasteiger partial charge < -0.3 is 86.5 Å². The van der Waals surface area contributed by atoms with Crippen molar-refractivity contribution >= 4 is 110 Å². The normalized spacial score (nSPS) is 13.0. The summed E-state index contributed by atoms with van der Waals surface area (Å²) in [5.41, 5.74) is 29.9. The number of rotatable bonds is 22. The van der Waals surface area contributed by atoms with E-state index in [4.69, 9.17) is 83.5 Å². The maximum atomic E-state index is 15.0. The van der Waals surface area contributed by atoms with E-state index in [1.807, 2.05) is 59.9 Å². The molecular formula is C53H55Cl2N21O7. The second-order valence-electron chi connectivity index (χ2n) is 18.0. The monoisotopic (exact) mass is 1170 g/mol. The van der Waals surface area contributed by atoms with Crippen LogP contribution in [0, 0.1) is 21.6 Å². The number of anilines is 1. The number of carbonyl (C=O) groups is 6. The van der Waals surface area contributed by atoms with Crippen LogP contribution in [0.25, 0.3) is 44.1 Å². The molecule has 0 aliphatic rings. The van der Waals surface area contributed by atoms with E-state index in [9.17, 15) is 29.1 Å². The Balaban J connectivity index is 1.24. The SMILES string of the molecule is N=C(N)NC(NC(=O)C(NC(=N)N)NC(=O)C(NC(=N)N)NC(=O)C(NC(=N)N)NC(=O)C(NC(=O)C(O)N(Cc1c2ccccc2cc2ccccc12)c1nc(-c2ccc(Cl)cc2)cc(-c2ccc(Cl)cc2)n1)c1ccccc1)C(N)=O. The van der Waals surface area contributed by atoms with E-state index in [0.717, 1.165) is 21.5 Å². The predicted octanol–water partition coefficient (Wildman–Crippen LogP) is -0.207. The quantitative estimate of drug-likeness (QED) is 0.0181. The van der Waals surface area contributed by atoms with Gasteiger partial charge in [0.1, 0.15) is 6.04 Å². The number of guanidine groups is 4. The fourth-order valence-electron chi connectivity index (χ4n) is 8.32. The molecule has 0 aliphatic heterocycles. The van der Waals surface area contributed by atoms with Crippen molar-refractivity contribution in [2.24, 2.45) is 28.7 Å². The Kier molecular flexibility index (Phi) is 19.4. The minimum absolute atomic E-state index is 0.111. The Hall–Kier alpha value is -10.8. The molecule has 0 fully saturated rings. The maximum Gasteiger partial charge on any atom is 0.271 e. The van der Waals surface area contributed by atoms with Gasteiger partial charge in [0.05, 0.1) is 17.9 Å². The summed E-state index contributed by atoms with van der Waals surface area (Å²) in [6, 6.07) is 38.3. The average Bonchev–Trinajstić information content (AvgIpc) is 3.64. The number of aromatic nitrogens is 2. The summed E-state index contributed by atoms with van der Waals surface area (Å²) >= 11 is 12.6. The van der Waals surface area contributed by atoms with E-state index in [0.29, 0.717) is 38.1 Å². The minimum Gasteiger partial charge on any atom is -0.370 e. The molecule has 0 bridgehead atoms. The number of primary amides is 1. The van der Waals surface area contributed by atoms with Crippen LogP contribution in [0.5, 0.6) is 0 Å². The second-order valence-corrected chi connectivity index (χ2v) is 18.9. The van der Waals surface area contributed by atoms with Gasteiger partial charge in [-0.05, 0) is 69.1 Å². The summed E-state index contributed by atoms with van der Waals surface area (Å²) in [6.45, 7) is -0.211. The van der Waals surface area contributed by atoms with Crippen molar-refractivity contribution < 1.29 is 33.9 Å². The number of hydrogen-bond acceptors (Lipinski definition) is 14. The smallest absolute Gasteiger partial charge is 0.271 e. The van der Waals surface area contributed by atoms with Crippen molar-refractivity contribution in [2.75, 3.05) is 4.90 Å². The zero-order valence-corrected chi connectivity index (χ0v) is 44.8. The molecule has 0 saturated carbocycles. The first-order valence-corrected chi connectivity index (χ1v) is 25.3. The predicted molar refractivity (Wildman–Crippen MR) is 311 cm³/mol. The fraction of sp³-hybridized carbons (Fsp3) is 0.132. The number of fused-ring (bicyclic) bond motifs is 2. The van der Waals surface area contributed by atoms with E-state index in [-0.39, 0.29) is 18.1 Å². The highest BCUT2D eigenvalue weighted by Crippen LogP contribution is 2.34. The summed E-state index contributed by atoms with van der Waals surface area (Å²) in [6.07, 6.45) is -10.3. The number of amides is 6. The molecule has 1 heterocycles. The Labute approximate surface area is 481 Å². The zero-order valence-electron chi connectivity index (χ0n) is 43.3. The third-order valence-electron chi connectivity index (χ3n) is 12.1. The number of hydrogen-bond donors (Lipinski definition) is 19. The van der Waals surface area contributed by atoms with Crippen LogP contribution in [-0.2, 0) is 35.3 Å². The first-order valence-electron chi connectivity index (χ1n) is 24.6. The fourth-order valence-corrected chi connectivity index (χ4v) is 8.58. The summed E-state index contributed by atoms with van der Waals surface area (Å²) in [4.78, 5) is 94.0. The highest BCUT2D eigenvalue weighted by Gasteiger charge is 2.36. The third-order valence-corrected chi connectivity index (χ3v) is 12.6. The standard InChI is InChI=1S/C53H55Cl2N21O7/c54-30-18-14-25(15-19-30)35-23-36(26-16-20-31(55)21-17-26)66-53(65-35)76(24-34-32-12-6-4-10-28(32)22-29-11-5-7-13-33(29)34)48(83)47(82)67-37(27-8-2-1-3-9-27)43(78)69-40(73-50(59)60)45(80)71-42(75-52(63)64)46(81)70-41(74-51(61)62)44(79)68-39(38(56)77)72-49(57)58/h1-23,37,39-42,48,83H,24H2,(H2,56,77)(H,67,82)(H,68,79)(H,69,78)(H,70,81)(H,71,80)(H4,57,58,72)(H4,59,60,73)(H4,61,62,74)(H4,63,64,75). The number of nitrogens with one attached hydrogen (secondary N) is 13. The minimum atomic E-state index is -2.20. The van der Waals surface area contributed by atoms with E-state index < -0.39 is 96.2 Å². The van der Waals surface area contributed by atoms with Gasteiger partial charge in [-0.1, -0.05) is 126 Å². The first-order chi connectivity index (χ1) is 39.5. The van der Waals surface area contributed by atoms with Gasteiger partial charge in [0.15, 0.2) is 48.5 Å². The average molecular weight is 1170 g/mol. The molecule has 0 radical (unpaired) electrons. The maximum absolute atomic E-state index is 15.0. The van der Waals surface area contributed by atoms with Crippen LogP contribution in [0.2, 0.25) is 10.0 Å². The van der Waals surface area contributed by atoms with Crippen LogP contribution in [0.4, 0.5) is 5.95 Å². The van der Waals surface area contributed by atoms with Crippen molar-refractivity contribution in [1.29, 1.82) is 21.6 Å². The van der Waals surface area contributed by atoms with Crippen LogP contribution in [0.1, 0.15) is 17.2 Å². The molecule has 30 heteroatoms. The molecule has 6 atom stereocenters. The van der Waals surface area contributed by atoms with Gasteiger partial charge >= 0.3 is 0 Å². The van der Waals surface area contributed by atoms with Crippen LogP contribution in [-0.4, -0.2) is 105 Å². The van der Waals surface area contributed by atoms with Crippen molar-refractivity contribution in [3.8, 4) is 22.5 Å². The first kappa shape index (κ1) is 59.8. The van der Waals surface area contributed by atoms with E-state index in [1.165, 1.54) is 17.0 Å². The second kappa shape index (κ2) is 26.9. The molecule has 83 heavy (non-hydrogen) atoms. The number of benzene rings is 6. The molecule has 6 aromatic carbocycles. The lowest BCUT2D eigenvalue weighted by Crippen LogP contribution is -2.68. The number of halogens is 2. The number of nitrogens with zero attached hydrogens (tertiary/aromatic N) is 3. The Morgan fingerprint density at radius 2 is 0.855 bits per heavy atom.